The third kappa shape index (κ3) is 6.47. The van der Waals surface area contributed by atoms with E-state index in [0.29, 0.717) is 13.1 Å². The average molecular weight is 439 g/mol. The van der Waals surface area contributed by atoms with Gasteiger partial charge in [-0.1, -0.05) is 0 Å². The zero-order valence-electron chi connectivity index (χ0n) is 13.8. The maximum atomic E-state index is 11.4. The molecule has 0 bridgehead atoms. The van der Waals surface area contributed by atoms with Gasteiger partial charge < -0.3 is 16.0 Å². The lowest BCUT2D eigenvalue weighted by atomic mass is 9.93. The molecule has 0 aromatic carbocycles. The van der Waals surface area contributed by atoms with Gasteiger partial charge in [0.2, 0.25) is 5.91 Å². The van der Waals surface area contributed by atoms with Crippen molar-refractivity contribution in [1.29, 1.82) is 0 Å². The average Bonchev–Trinajstić information content (AvgIpc) is 2.79. The maximum Gasteiger partial charge on any atom is 0.224 e. The van der Waals surface area contributed by atoms with E-state index in [9.17, 15) is 4.79 Å². The molecule has 1 rings (SSSR count). The maximum absolute atomic E-state index is 11.4. The molecule has 0 aliphatic heterocycles. The highest BCUT2D eigenvalue weighted by Gasteiger charge is 2.25. The minimum absolute atomic E-state index is 0. The van der Waals surface area contributed by atoms with E-state index in [1.807, 2.05) is 31.2 Å². The van der Waals surface area contributed by atoms with Crippen molar-refractivity contribution in [3.63, 3.8) is 0 Å². The predicted molar refractivity (Wildman–Crippen MR) is 103 cm³/mol. The molecule has 0 radical (unpaired) electrons. The van der Waals surface area contributed by atoms with E-state index in [4.69, 9.17) is 5.73 Å². The Hall–Kier alpha value is -0.900. The number of nitrogens with two attached hydrogens (primary N) is 1. The highest BCUT2D eigenvalue weighted by atomic mass is 127. The van der Waals surface area contributed by atoms with Gasteiger partial charge in [0, 0.05) is 19.0 Å². The van der Waals surface area contributed by atoms with Crippen molar-refractivity contribution in [2.24, 2.45) is 16.1 Å². The molecule has 1 aromatic heterocycles. The molecule has 0 saturated carbocycles. The third-order valence-corrected chi connectivity index (χ3v) is 3.88. The zero-order chi connectivity index (χ0) is 16.0. The van der Waals surface area contributed by atoms with Crippen LogP contribution in [0.4, 0.5) is 0 Å². The molecule has 0 aliphatic rings. The highest BCUT2D eigenvalue weighted by Crippen LogP contribution is 2.15. The number of carbonyl (C=O) groups excluding carboxylic acids is 1. The molecule has 22 heavy (non-hydrogen) atoms. The summed E-state index contributed by atoms with van der Waals surface area (Å²) in [4.78, 5) is 22.3. The van der Waals surface area contributed by atoms with E-state index in [1.54, 1.807) is 25.2 Å². The van der Waals surface area contributed by atoms with Crippen LogP contribution >= 0.6 is 35.3 Å². The van der Waals surface area contributed by atoms with Gasteiger partial charge in [-0.3, -0.25) is 9.79 Å². The van der Waals surface area contributed by atoms with Gasteiger partial charge in [-0.15, -0.1) is 35.3 Å². The van der Waals surface area contributed by atoms with Crippen LogP contribution in [-0.4, -0.2) is 41.9 Å². The smallest absolute Gasteiger partial charge is 0.224 e. The van der Waals surface area contributed by atoms with E-state index >= 15 is 0 Å². The number of nitrogens with zero attached hydrogens (tertiary/aromatic N) is 3. The quantitative estimate of drug-likeness (QED) is 0.404. The van der Waals surface area contributed by atoms with Crippen molar-refractivity contribution in [1.82, 2.24) is 15.2 Å². The minimum atomic E-state index is -0.654. The van der Waals surface area contributed by atoms with Gasteiger partial charge in [0.15, 0.2) is 5.96 Å². The molecular weight excluding hydrogens is 413 g/mol. The van der Waals surface area contributed by atoms with Crippen LogP contribution in [-0.2, 0) is 11.3 Å². The van der Waals surface area contributed by atoms with E-state index in [1.165, 1.54) is 0 Å². The number of hydrogen-bond donors (Lipinski definition) is 2. The fourth-order valence-electron chi connectivity index (χ4n) is 1.62. The fourth-order valence-corrected chi connectivity index (χ4v) is 2.22. The topological polar surface area (TPSA) is 83.6 Å². The Labute approximate surface area is 153 Å². The van der Waals surface area contributed by atoms with Crippen LogP contribution < -0.4 is 11.1 Å². The standard InChI is InChI=1S/C14H25N5OS.HI/c1-6-16-13(17-9-14(3,4)12(15)20)19(5)7-11-8-21-10(2)18-11;/h8H,6-7,9H2,1-5H3,(H2,15,20)(H,16,17);1H. The van der Waals surface area contributed by atoms with E-state index in [0.717, 1.165) is 23.2 Å². The van der Waals surface area contributed by atoms with Gasteiger partial charge in [-0.05, 0) is 27.7 Å². The van der Waals surface area contributed by atoms with Crippen molar-refractivity contribution in [3.05, 3.63) is 16.1 Å². The number of thiazole rings is 1. The largest absolute Gasteiger partial charge is 0.369 e. The number of guanidine groups is 1. The number of amides is 1. The molecule has 126 valence electrons. The lowest BCUT2D eigenvalue weighted by Crippen LogP contribution is -2.40. The molecule has 1 heterocycles. The molecule has 8 heteroatoms. The summed E-state index contributed by atoms with van der Waals surface area (Å²) in [6.07, 6.45) is 0. The minimum Gasteiger partial charge on any atom is -0.369 e. The molecule has 1 amide bonds. The number of aliphatic imine (C=N–C) groups is 1. The van der Waals surface area contributed by atoms with Gasteiger partial charge in [-0.25, -0.2) is 4.98 Å². The predicted octanol–water partition coefficient (Wildman–Crippen LogP) is 1.98. The number of rotatable bonds is 6. The summed E-state index contributed by atoms with van der Waals surface area (Å²) in [7, 11) is 1.95. The Bertz CT molecular complexity index is 515. The van der Waals surface area contributed by atoms with Crippen LogP contribution in [0.1, 0.15) is 31.5 Å². The van der Waals surface area contributed by atoms with Gasteiger partial charge in [0.05, 0.1) is 29.2 Å². The molecule has 0 aliphatic carbocycles. The molecule has 0 spiro atoms. The Balaban J connectivity index is 0.00000441. The lowest BCUT2D eigenvalue weighted by Gasteiger charge is -2.23. The summed E-state index contributed by atoms with van der Waals surface area (Å²) in [6, 6.07) is 0. The number of carbonyl (C=O) groups is 1. The summed E-state index contributed by atoms with van der Waals surface area (Å²) in [6.45, 7) is 9.38. The molecule has 6 nitrogen and oxygen atoms in total. The van der Waals surface area contributed by atoms with Crippen molar-refractivity contribution in [2.45, 2.75) is 34.2 Å². The molecule has 0 atom stereocenters. The summed E-state index contributed by atoms with van der Waals surface area (Å²) in [5.74, 6) is 0.400. The molecular formula is C14H26IN5OS. The Morgan fingerprint density at radius 1 is 1.55 bits per heavy atom. The van der Waals surface area contributed by atoms with Crippen LogP contribution in [0.25, 0.3) is 0 Å². The van der Waals surface area contributed by atoms with Crippen molar-refractivity contribution in [2.75, 3.05) is 20.1 Å². The highest BCUT2D eigenvalue weighted by molar-refractivity contribution is 14.0. The second kappa shape index (κ2) is 9.29. The number of halogens is 1. The summed E-state index contributed by atoms with van der Waals surface area (Å²) >= 11 is 1.63. The molecule has 0 saturated heterocycles. The third-order valence-electron chi connectivity index (χ3n) is 3.05. The number of primary amides is 1. The molecule has 0 unspecified atom stereocenters. The first-order valence-electron chi connectivity index (χ1n) is 6.96. The zero-order valence-corrected chi connectivity index (χ0v) is 17.0. The van der Waals surface area contributed by atoms with Crippen LogP contribution in [0.3, 0.4) is 0 Å². The Morgan fingerprint density at radius 3 is 2.64 bits per heavy atom. The van der Waals surface area contributed by atoms with Gasteiger partial charge in [0.25, 0.3) is 0 Å². The number of aromatic nitrogens is 1. The molecule has 3 N–H and O–H groups in total. The van der Waals surface area contributed by atoms with Crippen LogP contribution in [0, 0.1) is 12.3 Å². The SMILES string of the molecule is CCNC(=NCC(C)(C)C(N)=O)N(C)Cc1csc(C)n1.I. The summed E-state index contributed by atoms with van der Waals surface area (Å²) in [5, 5.41) is 6.32. The Kier molecular flexibility index (Phi) is 8.91. The first-order chi connectivity index (χ1) is 9.76. The fraction of sp³-hybridized carbons (Fsp3) is 0.643. The van der Waals surface area contributed by atoms with Crippen LogP contribution in [0.2, 0.25) is 0 Å². The molecule has 1 aromatic rings. The van der Waals surface area contributed by atoms with E-state index < -0.39 is 5.41 Å². The monoisotopic (exact) mass is 439 g/mol. The van der Waals surface area contributed by atoms with E-state index in [-0.39, 0.29) is 29.9 Å². The van der Waals surface area contributed by atoms with Gasteiger partial charge in [-0.2, -0.15) is 0 Å². The molecule has 0 fully saturated rings. The normalized spacial score (nSPS) is 11.8. The second-order valence-corrected chi connectivity index (χ2v) is 6.69. The van der Waals surface area contributed by atoms with Gasteiger partial charge >= 0.3 is 0 Å². The number of aryl methyl sites for hydroxylation is 1. The first-order valence-corrected chi connectivity index (χ1v) is 7.84. The first kappa shape index (κ1) is 21.1. The number of hydrogen-bond acceptors (Lipinski definition) is 4. The van der Waals surface area contributed by atoms with Crippen molar-refractivity contribution >= 4 is 47.2 Å². The van der Waals surface area contributed by atoms with Crippen molar-refractivity contribution < 1.29 is 4.79 Å². The van der Waals surface area contributed by atoms with Crippen LogP contribution in [0.15, 0.2) is 10.4 Å². The summed E-state index contributed by atoms with van der Waals surface area (Å²) in [5.41, 5.74) is 5.74. The van der Waals surface area contributed by atoms with E-state index in [2.05, 4.69) is 15.3 Å². The number of nitrogens with one attached hydrogen (secondary N) is 1. The van der Waals surface area contributed by atoms with Crippen LogP contribution in [0.5, 0.6) is 0 Å². The second-order valence-electron chi connectivity index (χ2n) is 5.63. The summed E-state index contributed by atoms with van der Waals surface area (Å²) < 4.78 is 0. The van der Waals surface area contributed by atoms with Crippen molar-refractivity contribution in [3.8, 4) is 0 Å². The Morgan fingerprint density at radius 2 is 2.18 bits per heavy atom. The van der Waals surface area contributed by atoms with Gasteiger partial charge in [0.1, 0.15) is 0 Å². The lowest BCUT2D eigenvalue weighted by molar-refractivity contribution is -0.125.